The fraction of sp³-hybridized carbons (Fsp3) is 0.556. The van der Waals surface area contributed by atoms with E-state index in [0.29, 0.717) is 29.9 Å². The van der Waals surface area contributed by atoms with Crippen molar-refractivity contribution in [1.29, 1.82) is 0 Å². The lowest BCUT2D eigenvalue weighted by molar-refractivity contribution is 0.138. The molecule has 0 unspecified atom stereocenters. The molecule has 14 heavy (non-hydrogen) atoms. The van der Waals surface area contributed by atoms with Crippen molar-refractivity contribution < 1.29 is 4.74 Å². The molecule has 0 bridgehead atoms. The van der Waals surface area contributed by atoms with E-state index in [1.54, 1.807) is 13.3 Å². The fourth-order valence-electron chi connectivity index (χ4n) is 1.01. The number of nitrogens with zero attached hydrogens (tertiary/aromatic N) is 2. The molecular weight excluding hydrogens is 248 g/mol. The molecule has 1 aromatic rings. The summed E-state index contributed by atoms with van der Waals surface area (Å²) in [5, 5.41) is 0. The molecule has 1 heterocycles. The minimum absolute atomic E-state index is 0.0581. The highest BCUT2D eigenvalue weighted by Gasteiger charge is 2.04. The van der Waals surface area contributed by atoms with E-state index in [-0.39, 0.29) is 5.56 Å². The smallest absolute Gasteiger partial charge is 0.267 e. The van der Waals surface area contributed by atoms with Gasteiger partial charge in [0.2, 0.25) is 0 Å². The number of ether oxygens (including phenoxy) is 1. The zero-order chi connectivity index (χ0) is 10.6. The summed E-state index contributed by atoms with van der Waals surface area (Å²) in [5.74, 6) is 0. The third-order valence-corrected chi connectivity index (χ3v) is 2.75. The molecule has 0 spiro atoms. The van der Waals surface area contributed by atoms with Crippen LogP contribution in [-0.2, 0) is 11.3 Å². The number of hydrogen-bond donors (Lipinski definition) is 0. The Hall–Kier alpha value is -0.680. The van der Waals surface area contributed by atoms with Gasteiger partial charge in [-0.25, -0.2) is 4.98 Å². The van der Waals surface area contributed by atoms with E-state index in [2.05, 4.69) is 20.9 Å². The van der Waals surface area contributed by atoms with Gasteiger partial charge in [-0.05, 0) is 29.8 Å². The van der Waals surface area contributed by atoms with Crippen molar-refractivity contribution in [3.8, 4) is 0 Å². The molecule has 0 saturated heterocycles. The summed E-state index contributed by atoms with van der Waals surface area (Å²) in [4.78, 5) is 15.7. The maximum atomic E-state index is 11.6. The Morgan fingerprint density at radius 1 is 1.64 bits per heavy atom. The molecule has 78 valence electrons. The SMILES string of the molecule is CCOCCn1cnc(C)c(Br)c1=O. The first kappa shape index (κ1) is 11.4. The summed E-state index contributed by atoms with van der Waals surface area (Å²) in [5.41, 5.74) is 0.653. The van der Waals surface area contributed by atoms with Crippen molar-refractivity contribution in [1.82, 2.24) is 9.55 Å². The third-order valence-electron chi connectivity index (χ3n) is 1.84. The molecule has 0 aliphatic heterocycles. The molecule has 0 N–H and O–H groups in total. The molecule has 1 aromatic heterocycles. The zero-order valence-electron chi connectivity index (χ0n) is 8.29. The largest absolute Gasteiger partial charge is 0.380 e. The first-order chi connectivity index (χ1) is 6.66. The monoisotopic (exact) mass is 260 g/mol. The van der Waals surface area contributed by atoms with Crippen molar-refractivity contribution in [3.63, 3.8) is 0 Å². The van der Waals surface area contributed by atoms with Crippen LogP contribution in [0.5, 0.6) is 0 Å². The van der Waals surface area contributed by atoms with Crippen LogP contribution in [0.4, 0.5) is 0 Å². The molecule has 0 aliphatic rings. The first-order valence-electron chi connectivity index (χ1n) is 4.46. The Bertz CT molecular complexity index is 362. The van der Waals surface area contributed by atoms with Gasteiger partial charge in [0.05, 0.1) is 25.2 Å². The molecule has 0 aliphatic carbocycles. The Kier molecular flexibility index (Phi) is 4.28. The highest BCUT2D eigenvalue weighted by molar-refractivity contribution is 9.10. The maximum absolute atomic E-state index is 11.6. The van der Waals surface area contributed by atoms with Crippen LogP contribution in [0.1, 0.15) is 12.6 Å². The number of aryl methyl sites for hydroxylation is 1. The van der Waals surface area contributed by atoms with Crippen molar-refractivity contribution in [2.24, 2.45) is 0 Å². The van der Waals surface area contributed by atoms with E-state index in [0.717, 1.165) is 0 Å². The van der Waals surface area contributed by atoms with E-state index in [1.165, 1.54) is 4.57 Å². The van der Waals surface area contributed by atoms with Gasteiger partial charge in [0.25, 0.3) is 5.56 Å². The number of aromatic nitrogens is 2. The molecule has 0 atom stereocenters. The quantitative estimate of drug-likeness (QED) is 0.768. The highest BCUT2D eigenvalue weighted by atomic mass is 79.9. The van der Waals surface area contributed by atoms with Gasteiger partial charge in [0, 0.05) is 6.61 Å². The van der Waals surface area contributed by atoms with Crippen LogP contribution in [0, 0.1) is 6.92 Å². The van der Waals surface area contributed by atoms with Gasteiger partial charge in [-0.2, -0.15) is 0 Å². The zero-order valence-corrected chi connectivity index (χ0v) is 9.87. The lowest BCUT2D eigenvalue weighted by Crippen LogP contribution is -2.24. The first-order valence-corrected chi connectivity index (χ1v) is 5.25. The Morgan fingerprint density at radius 2 is 2.36 bits per heavy atom. The van der Waals surface area contributed by atoms with Crippen LogP contribution in [0.15, 0.2) is 15.6 Å². The van der Waals surface area contributed by atoms with Crippen molar-refractivity contribution in [2.75, 3.05) is 13.2 Å². The average Bonchev–Trinajstić information content (AvgIpc) is 2.18. The minimum Gasteiger partial charge on any atom is -0.380 e. The summed E-state index contributed by atoms with van der Waals surface area (Å²) in [6.07, 6.45) is 1.54. The van der Waals surface area contributed by atoms with Crippen molar-refractivity contribution in [2.45, 2.75) is 20.4 Å². The predicted octanol–water partition coefficient (Wildman–Crippen LogP) is 1.35. The second-order valence-electron chi connectivity index (χ2n) is 2.84. The average molecular weight is 261 g/mol. The number of rotatable bonds is 4. The third kappa shape index (κ3) is 2.65. The van der Waals surface area contributed by atoms with E-state index < -0.39 is 0 Å². The molecule has 5 heteroatoms. The summed E-state index contributed by atoms with van der Waals surface area (Å²) in [6.45, 7) is 5.45. The lowest BCUT2D eigenvalue weighted by Gasteiger charge is -2.06. The topological polar surface area (TPSA) is 44.1 Å². The van der Waals surface area contributed by atoms with E-state index in [9.17, 15) is 4.79 Å². The van der Waals surface area contributed by atoms with Crippen molar-refractivity contribution >= 4 is 15.9 Å². The van der Waals surface area contributed by atoms with Crippen LogP contribution in [0.3, 0.4) is 0 Å². The number of hydrogen-bond acceptors (Lipinski definition) is 3. The summed E-state index contributed by atoms with van der Waals surface area (Å²) < 4.78 is 7.22. The van der Waals surface area contributed by atoms with Gasteiger partial charge < -0.3 is 4.74 Å². The molecular formula is C9H13BrN2O2. The predicted molar refractivity (Wildman–Crippen MR) is 57.4 cm³/mol. The van der Waals surface area contributed by atoms with Crippen LogP contribution in [0.25, 0.3) is 0 Å². The van der Waals surface area contributed by atoms with Crippen molar-refractivity contribution in [3.05, 3.63) is 26.8 Å². The molecule has 0 saturated carbocycles. The highest BCUT2D eigenvalue weighted by Crippen LogP contribution is 2.05. The lowest BCUT2D eigenvalue weighted by atomic mass is 10.4. The minimum atomic E-state index is -0.0581. The molecule has 0 radical (unpaired) electrons. The van der Waals surface area contributed by atoms with E-state index in [1.807, 2.05) is 6.92 Å². The Labute approximate surface area is 91.0 Å². The number of halogens is 1. The van der Waals surface area contributed by atoms with Gasteiger partial charge in [-0.15, -0.1) is 0 Å². The van der Waals surface area contributed by atoms with Crippen LogP contribution >= 0.6 is 15.9 Å². The van der Waals surface area contributed by atoms with Gasteiger partial charge in [-0.1, -0.05) is 0 Å². The van der Waals surface area contributed by atoms with Gasteiger partial charge >= 0.3 is 0 Å². The molecule has 0 fully saturated rings. The molecule has 1 rings (SSSR count). The Balaban J connectivity index is 2.79. The fourth-order valence-corrected chi connectivity index (χ4v) is 1.34. The second-order valence-corrected chi connectivity index (χ2v) is 3.63. The summed E-state index contributed by atoms with van der Waals surface area (Å²) in [7, 11) is 0. The summed E-state index contributed by atoms with van der Waals surface area (Å²) in [6, 6.07) is 0. The van der Waals surface area contributed by atoms with E-state index >= 15 is 0 Å². The molecule has 4 nitrogen and oxygen atoms in total. The molecule has 0 amide bonds. The second kappa shape index (κ2) is 5.26. The van der Waals surface area contributed by atoms with Gasteiger partial charge in [-0.3, -0.25) is 9.36 Å². The van der Waals surface area contributed by atoms with E-state index in [4.69, 9.17) is 4.74 Å². The van der Waals surface area contributed by atoms with Crippen LogP contribution < -0.4 is 5.56 Å². The standard InChI is InChI=1S/C9H13BrN2O2/c1-3-14-5-4-12-6-11-7(2)8(10)9(12)13/h6H,3-5H2,1-2H3. The van der Waals surface area contributed by atoms with Crippen LogP contribution in [0.2, 0.25) is 0 Å². The van der Waals surface area contributed by atoms with Gasteiger partial charge in [0.15, 0.2) is 0 Å². The maximum Gasteiger partial charge on any atom is 0.267 e. The van der Waals surface area contributed by atoms with Crippen LogP contribution in [-0.4, -0.2) is 22.8 Å². The van der Waals surface area contributed by atoms with Gasteiger partial charge in [0.1, 0.15) is 4.47 Å². The normalized spacial score (nSPS) is 10.5. The molecule has 0 aromatic carbocycles. The Morgan fingerprint density at radius 3 is 3.00 bits per heavy atom. The summed E-state index contributed by atoms with van der Waals surface area (Å²) >= 11 is 3.20.